The maximum atomic E-state index is 10.9. The topological polar surface area (TPSA) is 139 Å². The van der Waals surface area contributed by atoms with Gasteiger partial charge in [0, 0.05) is 5.88 Å². The zero-order valence-corrected chi connectivity index (χ0v) is 18.5. The molecule has 0 aliphatic heterocycles. The van der Waals surface area contributed by atoms with Crippen molar-refractivity contribution in [3.8, 4) is 11.5 Å². The monoisotopic (exact) mass is 484 g/mol. The van der Waals surface area contributed by atoms with Crippen molar-refractivity contribution in [3.63, 3.8) is 0 Å². The van der Waals surface area contributed by atoms with E-state index in [-0.39, 0.29) is 9.79 Å². The largest absolute Gasteiger partial charge is 0.494 e. The average molecular weight is 485 g/mol. The average Bonchev–Trinajstić information content (AvgIpc) is 2.66. The molecule has 0 amide bonds. The van der Waals surface area contributed by atoms with Gasteiger partial charge in [0.1, 0.15) is 18.1 Å². The highest BCUT2D eigenvalue weighted by molar-refractivity contribution is 7.89. The Morgan fingerprint density at radius 1 is 0.655 bits per heavy atom. The van der Waals surface area contributed by atoms with E-state index in [1.54, 1.807) is 12.1 Å². The Hall–Kier alpha value is -1.56. The first-order valence-corrected chi connectivity index (χ1v) is 12.4. The molecule has 162 valence electrons. The summed E-state index contributed by atoms with van der Waals surface area (Å²) in [6.07, 6.45) is 0.749. The van der Waals surface area contributed by atoms with Crippen LogP contribution in [0.2, 0.25) is 0 Å². The van der Waals surface area contributed by atoms with E-state index in [0.29, 0.717) is 36.5 Å². The van der Waals surface area contributed by atoms with E-state index in [1.807, 2.05) is 0 Å². The van der Waals surface area contributed by atoms with Crippen LogP contribution in [0.25, 0.3) is 0 Å². The Kier molecular flexibility index (Phi) is 10.7. The Labute approximate surface area is 180 Å². The van der Waals surface area contributed by atoms with Crippen LogP contribution in [0, 0.1) is 0 Å². The zero-order valence-electron chi connectivity index (χ0n) is 15.3. The predicted molar refractivity (Wildman–Crippen MR) is 113 cm³/mol. The van der Waals surface area contributed by atoms with E-state index in [0.717, 1.165) is 6.42 Å². The smallest absolute Gasteiger partial charge is 0.238 e. The SMILES string of the molecule is NS(=O)(=O)c1ccc(OCCCCl)cc1.NS(=O)(=O)c1ccc(OCCCl)cc1. The van der Waals surface area contributed by atoms with Gasteiger partial charge in [0.25, 0.3) is 0 Å². The van der Waals surface area contributed by atoms with Gasteiger partial charge in [0.05, 0.1) is 22.3 Å². The Balaban J connectivity index is 0.000000291. The molecule has 12 heteroatoms. The summed E-state index contributed by atoms with van der Waals surface area (Å²) in [4.78, 5) is 0.142. The van der Waals surface area contributed by atoms with Crippen LogP contribution in [-0.4, -0.2) is 41.8 Å². The molecule has 0 saturated carbocycles. The Bertz CT molecular complexity index is 950. The van der Waals surface area contributed by atoms with Crippen molar-refractivity contribution in [2.24, 2.45) is 10.3 Å². The third-order valence-corrected chi connectivity index (χ3v) is 5.48. The molecule has 0 heterocycles. The standard InChI is InChI=1S/C9H12ClNO3S.C8H10ClNO3S/c10-6-1-7-14-8-2-4-9(5-3-8)15(11,12)13;9-5-6-13-7-1-3-8(4-2-7)14(10,11)12/h2-5H,1,6-7H2,(H2,11,12,13);1-4H,5-6H2,(H2,10,11,12). The number of sulfonamides is 2. The number of halogens is 2. The molecule has 4 N–H and O–H groups in total. The van der Waals surface area contributed by atoms with Gasteiger partial charge in [-0.2, -0.15) is 0 Å². The number of alkyl halides is 2. The van der Waals surface area contributed by atoms with Gasteiger partial charge < -0.3 is 9.47 Å². The molecule has 2 aromatic carbocycles. The minimum atomic E-state index is -3.62. The van der Waals surface area contributed by atoms with E-state index in [9.17, 15) is 16.8 Å². The second kappa shape index (κ2) is 12.2. The molecule has 2 aromatic rings. The molecule has 0 aromatic heterocycles. The van der Waals surface area contributed by atoms with Crippen LogP contribution in [-0.2, 0) is 20.0 Å². The lowest BCUT2D eigenvalue weighted by Crippen LogP contribution is -2.11. The van der Waals surface area contributed by atoms with Crippen molar-refractivity contribution in [2.75, 3.05) is 25.0 Å². The Morgan fingerprint density at radius 2 is 1.03 bits per heavy atom. The van der Waals surface area contributed by atoms with Crippen LogP contribution in [0.5, 0.6) is 11.5 Å². The number of benzene rings is 2. The van der Waals surface area contributed by atoms with Gasteiger partial charge in [0.15, 0.2) is 0 Å². The number of nitrogens with two attached hydrogens (primary N) is 2. The molecule has 0 spiro atoms. The summed E-state index contributed by atoms with van der Waals surface area (Å²) in [6, 6.07) is 11.8. The van der Waals surface area contributed by atoms with Crippen LogP contribution in [0.3, 0.4) is 0 Å². The van der Waals surface area contributed by atoms with Gasteiger partial charge in [-0.3, -0.25) is 0 Å². The highest BCUT2D eigenvalue weighted by Gasteiger charge is 2.07. The van der Waals surface area contributed by atoms with E-state index >= 15 is 0 Å². The van der Waals surface area contributed by atoms with Gasteiger partial charge in [-0.25, -0.2) is 27.1 Å². The van der Waals surface area contributed by atoms with Gasteiger partial charge in [-0.05, 0) is 55.0 Å². The van der Waals surface area contributed by atoms with Crippen LogP contribution >= 0.6 is 23.2 Å². The van der Waals surface area contributed by atoms with Crippen LogP contribution < -0.4 is 19.8 Å². The summed E-state index contributed by atoms with van der Waals surface area (Å²) in [5.74, 6) is 2.09. The van der Waals surface area contributed by atoms with Gasteiger partial charge in [-0.1, -0.05) is 0 Å². The third-order valence-electron chi connectivity index (χ3n) is 3.20. The second-order valence-electron chi connectivity index (χ2n) is 5.46. The molecular formula is C17H22Cl2N2O6S2. The van der Waals surface area contributed by atoms with Crippen LogP contribution in [0.1, 0.15) is 6.42 Å². The molecule has 0 atom stereocenters. The van der Waals surface area contributed by atoms with Gasteiger partial charge in [0.2, 0.25) is 20.0 Å². The molecule has 0 bridgehead atoms. The highest BCUT2D eigenvalue weighted by Crippen LogP contribution is 2.15. The van der Waals surface area contributed by atoms with E-state index in [1.165, 1.54) is 36.4 Å². The van der Waals surface area contributed by atoms with E-state index in [2.05, 4.69) is 0 Å². The fraction of sp³-hybridized carbons (Fsp3) is 0.294. The first-order chi connectivity index (χ1) is 13.6. The quantitative estimate of drug-likeness (QED) is 0.413. The molecule has 0 fully saturated rings. The minimum Gasteiger partial charge on any atom is -0.494 e. The first kappa shape index (κ1) is 25.5. The summed E-state index contributed by atoms with van der Waals surface area (Å²) < 4.78 is 54.0. The van der Waals surface area contributed by atoms with Crippen LogP contribution in [0.15, 0.2) is 58.3 Å². The minimum absolute atomic E-state index is 0.0655. The lowest BCUT2D eigenvalue weighted by molar-refractivity contribution is 0.318. The molecular weight excluding hydrogens is 463 g/mol. The number of rotatable bonds is 9. The molecule has 2 rings (SSSR count). The molecule has 29 heavy (non-hydrogen) atoms. The fourth-order valence-electron chi connectivity index (χ4n) is 1.85. The Morgan fingerprint density at radius 3 is 1.34 bits per heavy atom. The first-order valence-electron chi connectivity index (χ1n) is 8.21. The molecule has 0 unspecified atom stereocenters. The lowest BCUT2D eigenvalue weighted by atomic mass is 10.3. The van der Waals surface area contributed by atoms with Crippen molar-refractivity contribution < 1.29 is 26.3 Å². The fourth-order valence-corrected chi connectivity index (χ4v) is 3.07. The lowest BCUT2D eigenvalue weighted by Gasteiger charge is -2.05. The summed E-state index contributed by atoms with van der Waals surface area (Å²) >= 11 is 10.9. The molecule has 0 radical (unpaired) electrons. The van der Waals surface area contributed by atoms with Crippen molar-refractivity contribution in [1.29, 1.82) is 0 Å². The van der Waals surface area contributed by atoms with Crippen molar-refractivity contribution >= 4 is 43.2 Å². The molecule has 8 nitrogen and oxygen atoms in total. The molecule has 0 aliphatic carbocycles. The number of hydrogen-bond donors (Lipinski definition) is 2. The highest BCUT2D eigenvalue weighted by atomic mass is 35.5. The predicted octanol–water partition coefficient (Wildman–Crippen LogP) is 2.29. The maximum Gasteiger partial charge on any atom is 0.238 e. The number of ether oxygens (including phenoxy) is 2. The number of primary sulfonamides is 2. The summed E-state index contributed by atoms with van der Waals surface area (Å²) in [5.41, 5.74) is 0. The third kappa shape index (κ3) is 10.2. The van der Waals surface area contributed by atoms with Crippen molar-refractivity contribution in [1.82, 2.24) is 0 Å². The van der Waals surface area contributed by atoms with Crippen LogP contribution in [0.4, 0.5) is 0 Å². The van der Waals surface area contributed by atoms with E-state index in [4.69, 9.17) is 43.0 Å². The molecule has 0 saturated heterocycles. The summed E-state index contributed by atoms with van der Waals surface area (Å²) in [5, 5.41) is 9.86. The second-order valence-corrected chi connectivity index (χ2v) is 9.34. The van der Waals surface area contributed by atoms with Gasteiger partial charge in [-0.15, -0.1) is 23.2 Å². The zero-order chi connectivity index (χ0) is 21.9. The number of hydrogen-bond acceptors (Lipinski definition) is 6. The maximum absolute atomic E-state index is 10.9. The molecule has 0 aliphatic rings. The normalized spacial score (nSPS) is 11.3. The van der Waals surface area contributed by atoms with Crippen molar-refractivity contribution in [2.45, 2.75) is 16.2 Å². The van der Waals surface area contributed by atoms with Crippen molar-refractivity contribution in [3.05, 3.63) is 48.5 Å². The summed E-state index contributed by atoms with van der Waals surface area (Å²) in [7, 11) is -7.24. The summed E-state index contributed by atoms with van der Waals surface area (Å²) in [6.45, 7) is 0.897. The van der Waals surface area contributed by atoms with Gasteiger partial charge >= 0.3 is 0 Å². The van der Waals surface area contributed by atoms with E-state index < -0.39 is 20.0 Å².